The standard InChI is InChI=1S/C16H26N4O2/c1-13(21)19-15-7-4-6-14(12-15)17-10-8-16(22)18-9-5-11-20(2)3/h4,6-7,12,17H,5,8-11H2,1-3H3,(H,18,22)(H,19,21). The van der Waals surface area contributed by atoms with E-state index < -0.39 is 0 Å². The van der Waals surface area contributed by atoms with Crippen molar-refractivity contribution >= 4 is 23.2 Å². The number of benzene rings is 1. The molecule has 0 aliphatic heterocycles. The molecular weight excluding hydrogens is 280 g/mol. The Labute approximate surface area is 132 Å². The second-order valence-electron chi connectivity index (χ2n) is 5.45. The van der Waals surface area contributed by atoms with Crippen LogP contribution in [0, 0.1) is 0 Å². The highest BCUT2D eigenvalue weighted by Gasteiger charge is 2.02. The van der Waals surface area contributed by atoms with Crippen LogP contribution in [0.5, 0.6) is 0 Å². The number of anilines is 2. The smallest absolute Gasteiger partial charge is 0.221 e. The number of hydrogen-bond acceptors (Lipinski definition) is 4. The van der Waals surface area contributed by atoms with Crippen LogP contribution >= 0.6 is 0 Å². The first-order valence-corrected chi connectivity index (χ1v) is 7.50. The predicted octanol–water partition coefficient (Wildman–Crippen LogP) is 1.51. The summed E-state index contributed by atoms with van der Waals surface area (Å²) in [6.07, 6.45) is 1.37. The molecule has 1 aromatic rings. The first kappa shape index (κ1) is 18.0. The number of carbonyl (C=O) groups excluding carboxylic acids is 2. The van der Waals surface area contributed by atoms with Crippen LogP contribution in [0.2, 0.25) is 0 Å². The highest BCUT2D eigenvalue weighted by molar-refractivity contribution is 5.89. The van der Waals surface area contributed by atoms with Gasteiger partial charge in [0.25, 0.3) is 0 Å². The molecular formula is C16H26N4O2. The van der Waals surface area contributed by atoms with Crippen LogP contribution in [0.15, 0.2) is 24.3 Å². The Morgan fingerprint density at radius 2 is 1.86 bits per heavy atom. The van der Waals surface area contributed by atoms with Gasteiger partial charge in [-0.15, -0.1) is 0 Å². The van der Waals surface area contributed by atoms with Gasteiger partial charge in [0.1, 0.15) is 0 Å². The molecule has 0 aliphatic rings. The van der Waals surface area contributed by atoms with E-state index in [1.165, 1.54) is 6.92 Å². The molecule has 0 heterocycles. The Morgan fingerprint density at radius 3 is 2.55 bits per heavy atom. The average molecular weight is 306 g/mol. The van der Waals surface area contributed by atoms with Gasteiger partial charge in [0.05, 0.1) is 0 Å². The van der Waals surface area contributed by atoms with Gasteiger partial charge in [0.15, 0.2) is 0 Å². The van der Waals surface area contributed by atoms with E-state index >= 15 is 0 Å². The molecule has 0 saturated carbocycles. The maximum Gasteiger partial charge on any atom is 0.221 e. The molecule has 0 unspecified atom stereocenters. The maximum atomic E-state index is 11.7. The maximum absolute atomic E-state index is 11.7. The van der Waals surface area contributed by atoms with Crippen molar-refractivity contribution in [1.29, 1.82) is 0 Å². The zero-order chi connectivity index (χ0) is 16.4. The van der Waals surface area contributed by atoms with Crippen molar-refractivity contribution < 1.29 is 9.59 Å². The molecule has 0 saturated heterocycles. The molecule has 0 aliphatic carbocycles. The molecule has 0 bridgehead atoms. The van der Waals surface area contributed by atoms with Gasteiger partial charge in [-0.25, -0.2) is 0 Å². The lowest BCUT2D eigenvalue weighted by atomic mass is 10.2. The summed E-state index contributed by atoms with van der Waals surface area (Å²) in [5.74, 6) is -0.0569. The minimum absolute atomic E-state index is 0.0456. The molecule has 0 radical (unpaired) electrons. The summed E-state index contributed by atoms with van der Waals surface area (Å²) in [5.41, 5.74) is 1.62. The average Bonchev–Trinajstić information content (AvgIpc) is 2.43. The summed E-state index contributed by atoms with van der Waals surface area (Å²) < 4.78 is 0. The lowest BCUT2D eigenvalue weighted by Crippen LogP contribution is -2.28. The van der Waals surface area contributed by atoms with Crippen LogP contribution in [0.3, 0.4) is 0 Å². The van der Waals surface area contributed by atoms with Crippen molar-refractivity contribution in [2.24, 2.45) is 0 Å². The summed E-state index contributed by atoms with van der Waals surface area (Å²) in [5, 5.41) is 8.80. The second-order valence-corrected chi connectivity index (χ2v) is 5.45. The number of nitrogens with zero attached hydrogens (tertiary/aromatic N) is 1. The fourth-order valence-electron chi connectivity index (χ4n) is 1.94. The van der Waals surface area contributed by atoms with E-state index in [1.807, 2.05) is 38.4 Å². The van der Waals surface area contributed by atoms with Gasteiger partial charge in [-0.3, -0.25) is 9.59 Å². The minimum atomic E-state index is -0.103. The van der Waals surface area contributed by atoms with Crippen LogP contribution in [0.4, 0.5) is 11.4 Å². The minimum Gasteiger partial charge on any atom is -0.384 e. The molecule has 122 valence electrons. The van der Waals surface area contributed by atoms with Crippen molar-refractivity contribution in [2.45, 2.75) is 19.8 Å². The van der Waals surface area contributed by atoms with Crippen molar-refractivity contribution in [2.75, 3.05) is 44.4 Å². The molecule has 2 amide bonds. The van der Waals surface area contributed by atoms with E-state index in [9.17, 15) is 9.59 Å². The summed E-state index contributed by atoms with van der Waals surface area (Å²) >= 11 is 0. The van der Waals surface area contributed by atoms with E-state index in [4.69, 9.17) is 0 Å². The highest BCUT2D eigenvalue weighted by Crippen LogP contribution is 2.14. The lowest BCUT2D eigenvalue weighted by molar-refractivity contribution is -0.120. The van der Waals surface area contributed by atoms with Gasteiger partial charge in [-0.05, 0) is 45.3 Å². The van der Waals surface area contributed by atoms with E-state index in [-0.39, 0.29) is 11.8 Å². The van der Waals surface area contributed by atoms with Crippen molar-refractivity contribution in [3.63, 3.8) is 0 Å². The summed E-state index contributed by atoms with van der Waals surface area (Å²) in [6, 6.07) is 7.43. The molecule has 22 heavy (non-hydrogen) atoms. The van der Waals surface area contributed by atoms with E-state index in [2.05, 4.69) is 20.9 Å². The fourth-order valence-corrected chi connectivity index (χ4v) is 1.94. The van der Waals surface area contributed by atoms with Crippen LogP contribution in [-0.2, 0) is 9.59 Å². The normalized spacial score (nSPS) is 10.4. The first-order chi connectivity index (χ1) is 10.5. The quantitative estimate of drug-likeness (QED) is 0.605. The van der Waals surface area contributed by atoms with Gasteiger partial charge >= 0.3 is 0 Å². The Bertz CT molecular complexity index is 489. The third-order valence-corrected chi connectivity index (χ3v) is 2.97. The fraction of sp³-hybridized carbons (Fsp3) is 0.500. The van der Waals surface area contributed by atoms with E-state index in [1.54, 1.807) is 0 Å². The number of amides is 2. The van der Waals surface area contributed by atoms with Crippen LogP contribution in [0.1, 0.15) is 19.8 Å². The Kier molecular flexibility index (Phi) is 7.99. The van der Waals surface area contributed by atoms with Gasteiger partial charge in [-0.2, -0.15) is 0 Å². The number of hydrogen-bond donors (Lipinski definition) is 3. The topological polar surface area (TPSA) is 73.5 Å². The predicted molar refractivity (Wildman–Crippen MR) is 90.0 cm³/mol. The van der Waals surface area contributed by atoms with Gasteiger partial charge in [-0.1, -0.05) is 6.07 Å². The molecule has 6 heteroatoms. The van der Waals surface area contributed by atoms with Crippen molar-refractivity contribution in [3.05, 3.63) is 24.3 Å². The Balaban J connectivity index is 2.23. The lowest BCUT2D eigenvalue weighted by Gasteiger charge is -2.11. The van der Waals surface area contributed by atoms with Gasteiger partial charge in [0, 0.05) is 37.8 Å². The Hall–Kier alpha value is -2.08. The summed E-state index contributed by atoms with van der Waals surface area (Å²) in [6.45, 7) is 3.70. The summed E-state index contributed by atoms with van der Waals surface area (Å²) in [7, 11) is 4.03. The third-order valence-electron chi connectivity index (χ3n) is 2.97. The Morgan fingerprint density at radius 1 is 1.14 bits per heavy atom. The van der Waals surface area contributed by atoms with Gasteiger partial charge < -0.3 is 20.9 Å². The molecule has 0 aromatic heterocycles. The van der Waals surface area contributed by atoms with Gasteiger partial charge in [0.2, 0.25) is 11.8 Å². The number of nitrogens with one attached hydrogen (secondary N) is 3. The third kappa shape index (κ3) is 8.26. The van der Waals surface area contributed by atoms with E-state index in [0.29, 0.717) is 19.5 Å². The highest BCUT2D eigenvalue weighted by atomic mass is 16.2. The monoisotopic (exact) mass is 306 g/mol. The largest absolute Gasteiger partial charge is 0.384 e. The van der Waals surface area contributed by atoms with Crippen LogP contribution < -0.4 is 16.0 Å². The molecule has 1 rings (SSSR count). The molecule has 0 atom stereocenters. The number of rotatable bonds is 9. The molecule has 1 aromatic carbocycles. The van der Waals surface area contributed by atoms with Crippen molar-refractivity contribution in [3.8, 4) is 0 Å². The second kappa shape index (κ2) is 9.78. The van der Waals surface area contributed by atoms with E-state index in [0.717, 1.165) is 24.3 Å². The van der Waals surface area contributed by atoms with Crippen LogP contribution in [0.25, 0.3) is 0 Å². The first-order valence-electron chi connectivity index (χ1n) is 7.50. The van der Waals surface area contributed by atoms with Crippen LogP contribution in [-0.4, -0.2) is 50.4 Å². The molecule has 6 nitrogen and oxygen atoms in total. The zero-order valence-corrected chi connectivity index (χ0v) is 13.6. The molecule has 0 fully saturated rings. The van der Waals surface area contributed by atoms with Crippen molar-refractivity contribution in [1.82, 2.24) is 10.2 Å². The molecule has 3 N–H and O–H groups in total. The molecule has 0 spiro atoms. The zero-order valence-electron chi connectivity index (χ0n) is 13.6. The number of carbonyl (C=O) groups is 2. The summed E-state index contributed by atoms with van der Waals surface area (Å²) in [4.78, 5) is 24.8. The SMILES string of the molecule is CC(=O)Nc1cccc(NCCC(=O)NCCCN(C)C)c1.